The molecule has 0 radical (unpaired) electrons. The number of aliphatic hydroxyl groups is 1. The number of carbonyl (C=O) groups excluding carboxylic acids is 1. The summed E-state index contributed by atoms with van der Waals surface area (Å²) in [5, 5.41) is 9.40. The Hall–Kier alpha value is -0.570. The second-order valence-corrected chi connectivity index (χ2v) is 4.92. The van der Waals surface area contributed by atoms with Gasteiger partial charge in [-0.05, 0) is 32.6 Å². The van der Waals surface area contributed by atoms with Gasteiger partial charge in [-0.1, -0.05) is 13.8 Å². The molecule has 2 atom stereocenters. The Morgan fingerprint density at radius 1 is 1.40 bits per heavy atom. The third-order valence-electron chi connectivity index (χ3n) is 3.02. The van der Waals surface area contributed by atoms with E-state index in [1.54, 1.807) is 6.92 Å². The van der Waals surface area contributed by atoms with Crippen LogP contribution in [0.3, 0.4) is 0 Å². The molecule has 0 bridgehead atoms. The number of piperidine rings is 1. The Morgan fingerprint density at radius 3 is 2.60 bits per heavy atom. The SMILES string of the molecule is CC(O)CC1CCCCN1C(=O)C(C)C. The fraction of sp³-hybridized carbons (Fsp3) is 0.917. The average molecular weight is 213 g/mol. The van der Waals surface area contributed by atoms with E-state index in [0.717, 1.165) is 25.8 Å². The molecule has 3 heteroatoms. The van der Waals surface area contributed by atoms with Gasteiger partial charge in [0.1, 0.15) is 0 Å². The lowest BCUT2D eigenvalue weighted by Gasteiger charge is -2.37. The molecule has 1 fully saturated rings. The lowest BCUT2D eigenvalue weighted by molar-refractivity contribution is -0.138. The highest BCUT2D eigenvalue weighted by atomic mass is 16.3. The summed E-state index contributed by atoms with van der Waals surface area (Å²) in [4.78, 5) is 13.9. The number of rotatable bonds is 3. The first-order chi connectivity index (χ1) is 7.02. The molecule has 0 saturated carbocycles. The second-order valence-electron chi connectivity index (χ2n) is 4.92. The van der Waals surface area contributed by atoms with Gasteiger partial charge in [0.2, 0.25) is 5.91 Å². The zero-order chi connectivity index (χ0) is 11.4. The predicted octanol–water partition coefficient (Wildman–Crippen LogP) is 1.79. The molecule has 0 aromatic carbocycles. The zero-order valence-electron chi connectivity index (χ0n) is 10.1. The molecule has 1 heterocycles. The molecule has 0 aromatic heterocycles. The molecule has 1 saturated heterocycles. The molecule has 1 aliphatic rings. The topological polar surface area (TPSA) is 40.5 Å². The molecule has 1 aliphatic heterocycles. The molecule has 3 nitrogen and oxygen atoms in total. The first kappa shape index (κ1) is 12.5. The molecule has 0 aliphatic carbocycles. The summed E-state index contributed by atoms with van der Waals surface area (Å²) in [5.74, 6) is 0.306. The van der Waals surface area contributed by atoms with Crippen LogP contribution in [-0.4, -0.2) is 34.6 Å². The van der Waals surface area contributed by atoms with Crippen LogP contribution in [0.15, 0.2) is 0 Å². The molecular weight excluding hydrogens is 190 g/mol. The number of nitrogens with zero attached hydrogens (tertiary/aromatic N) is 1. The van der Waals surface area contributed by atoms with Gasteiger partial charge in [0.25, 0.3) is 0 Å². The van der Waals surface area contributed by atoms with Gasteiger partial charge >= 0.3 is 0 Å². The smallest absolute Gasteiger partial charge is 0.225 e. The van der Waals surface area contributed by atoms with Crippen LogP contribution >= 0.6 is 0 Å². The van der Waals surface area contributed by atoms with Crippen LogP contribution in [0.25, 0.3) is 0 Å². The van der Waals surface area contributed by atoms with Gasteiger partial charge < -0.3 is 10.0 Å². The monoisotopic (exact) mass is 213 g/mol. The van der Waals surface area contributed by atoms with Crippen LogP contribution in [0.1, 0.15) is 46.5 Å². The summed E-state index contributed by atoms with van der Waals surface area (Å²) in [7, 11) is 0. The number of hydrogen-bond donors (Lipinski definition) is 1. The van der Waals surface area contributed by atoms with Gasteiger partial charge in [0.05, 0.1) is 6.10 Å². The van der Waals surface area contributed by atoms with Gasteiger partial charge in [-0.3, -0.25) is 4.79 Å². The van der Waals surface area contributed by atoms with Crippen LogP contribution in [0, 0.1) is 5.92 Å². The van der Waals surface area contributed by atoms with E-state index in [0.29, 0.717) is 0 Å². The van der Waals surface area contributed by atoms with Gasteiger partial charge in [-0.15, -0.1) is 0 Å². The predicted molar refractivity (Wildman–Crippen MR) is 60.5 cm³/mol. The van der Waals surface area contributed by atoms with E-state index in [1.807, 2.05) is 18.7 Å². The largest absolute Gasteiger partial charge is 0.393 e. The minimum atomic E-state index is -0.310. The molecule has 88 valence electrons. The molecule has 2 unspecified atom stereocenters. The van der Waals surface area contributed by atoms with Crippen molar-refractivity contribution in [1.29, 1.82) is 0 Å². The van der Waals surface area contributed by atoms with Crippen molar-refractivity contribution in [3.63, 3.8) is 0 Å². The maximum atomic E-state index is 11.9. The van der Waals surface area contributed by atoms with Crippen molar-refractivity contribution in [3.8, 4) is 0 Å². The second kappa shape index (κ2) is 5.50. The highest BCUT2D eigenvalue weighted by Gasteiger charge is 2.28. The van der Waals surface area contributed by atoms with Crippen LogP contribution in [0.2, 0.25) is 0 Å². The number of carbonyl (C=O) groups is 1. The van der Waals surface area contributed by atoms with Crippen molar-refractivity contribution in [2.75, 3.05) is 6.54 Å². The number of amides is 1. The average Bonchev–Trinajstić information content (AvgIpc) is 2.16. The Bertz CT molecular complexity index is 214. The Labute approximate surface area is 92.5 Å². The molecule has 0 aromatic rings. The lowest BCUT2D eigenvalue weighted by Crippen LogP contribution is -2.46. The van der Waals surface area contributed by atoms with Crippen LogP contribution in [0.5, 0.6) is 0 Å². The fourth-order valence-electron chi connectivity index (χ4n) is 2.26. The van der Waals surface area contributed by atoms with Gasteiger partial charge in [0.15, 0.2) is 0 Å². The van der Waals surface area contributed by atoms with Crippen molar-refractivity contribution < 1.29 is 9.90 Å². The molecule has 1 amide bonds. The molecule has 1 N–H and O–H groups in total. The van der Waals surface area contributed by atoms with E-state index in [-0.39, 0.29) is 24.0 Å². The summed E-state index contributed by atoms with van der Waals surface area (Å²) in [6.45, 7) is 6.55. The van der Waals surface area contributed by atoms with Crippen LogP contribution < -0.4 is 0 Å². The maximum Gasteiger partial charge on any atom is 0.225 e. The van der Waals surface area contributed by atoms with Crippen LogP contribution in [-0.2, 0) is 4.79 Å². The highest BCUT2D eigenvalue weighted by Crippen LogP contribution is 2.22. The summed E-state index contributed by atoms with van der Waals surface area (Å²) >= 11 is 0. The number of aliphatic hydroxyl groups excluding tert-OH is 1. The van der Waals surface area contributed by atoms with Gasteiger partial charge in [0, 0.05) is 18.5 Å². The molecular formula is C12H23NO2. The van der Waals surface area contributed by atoms with E-state index < -0.39 is 0 Å². The molecule has 1 rings (SSSR count). The highest BCUT2D eigenvalue weighted by molar-refractivity contribution is 5.78. The van der Waals surface area contributed by atoms with Crippen molar-refractivity contribution in [2.24, 2.45) is 5.92 Å². The standard InChI is InChI=1S/C12H23NO2/c1-9(2)12(15)13-7-5-4-6-11(13)8-10(3)14/h9-11,14H,4-8H2,1-3H3. The van der Waals surface area contributed by atoms with Gasteiger partial charge in [-0.25, -0.2) is 0 Å². The molecule has 15 heavy (non-hydrogen) atoms. The Kier molecular flexibility index (Phi) is 4.58. The van der Waals surface area contributed by atoms with Crippen molar-refractivity contribution >= 4 is 5.91 Å². The Balaban J connectivity index is 2.61. The van der Waals surface area contributed by atoms with Crippen molar-refractivity contribution in [3.05, 3.63) is 0 Å². The van der Waals surface area contributed by atoms with Crippen molar-refractivity contribution in [1.82, 2.24) is 4.90 Å². The molecule has 0 spiro atoms. The minimum Gasteiger partial charge on any atom is -0.393 e. The number of hydrogen-bond acceptors (Lipinski definition) is 2. The fourth-order valence-corrected chi connectivity index (χ4v) is 2.26. The van der Waals surface area contributed by atoms with E-state index >= 15 is 0 Å². The Morgan fingerprint density at radius 2 is 2.07 bits per heavy atom. The number of likely N-dealkylation sites (tertiary alicyclic amines) is 1. The maximum absolute atomic E-state index is 11.9. The summed E-state index contributed by atoms with van der Waals surface area (Å²) in [6.07, 6.45) is 3.74. The van der Waals surface area contributed by atoms with E-state index in [1.165, 1.54) is 6.42 Å². The summed E-state index contributed by atoms with van der Waals surface area (Å²) < 4.78 is 0. The summed E-state index contributed by atoms with van der Waals surface area (Å²) in [6, 6.07) is 0.258. The van der Waals surface area contributed by atoms with E-state index in [2.05, 4.69) is 0 Å². The quantitative estimate of drug-likeness (QED) is 0.776. The summed E-state index contributed by atoms with van der Waals surface area (Å²) in [5.41, 5.74) is 0. The third kappa shape index (κ3) is 3.49. The minimum absolute atomic E-state index is 0.0691. The lowest BCUT2D eigenvalue weighted by atomic mass is 9.96. The normalized spacial score (nSPS) is 24.3. The first-order valence-corrected chi connectivity index (χ1v) is 6.01. The van der Waals surface area contributed by atoms with Crippen molar-refractivity contribution in [2.45, 2.75) is 58.6 Å². The first-order valence-electron chi connectivity index (χ1n) is 6.01. The third-order valence-corrected chi connectivity index (χ3v) is 3.02. The van der Waals surface area contributed by atoms with E-state index in [9.17, 15) is 9.90 Å². The van der Waals surface area contributed by atoms with Gasteiger partial charge in [-0.2, -0.15) is 0 Å². The zero-order valence-corrected chi connectivity index (χ0v) is 10.1. The van der Waals surface area contributed by atoms with Crippen LogP contribution in [0.4, 0.5) is 0 Å². The van der Waals surface area contributed by atoms with E-state index in [4.69, 9.17) is 0 Å².